The maximum absolute atomic E-state index is 10.3. The highest BCUT2D eigenvalue weighted by atomic mass is 16.3. The molecule has 0 amide bonds. The van der Waals surface area contributed by atoms with Crippen LogP contribution >= 0.6 is 0 Å². The molecule has 2 aromatic rings. The van der Waals surface area contributed by atoms with Crippen molar-refractivity contribution in [3.63, 3.8) is 0 Å². The minimum Gasteiger partial charge on any atom is -0.493 e. The molecule has 3 heteroatoms. The Kier molecular flexibility index (Phi) is 3.70. The topological polar surface area (TPSA) is 38.0 Å². The number of unbranched alkanes of at least 4 members (excludes halogenated alkanes) is 1. The number of benzene rings is 1. The molecule has 0 unspecified atom stereocenters. The molecule has 0 saturated heterocycles. The third kappa shape index (κ3) is 2.40. The van der Waals surface area contributed by atoms with Gasteiger partial charge in [0.1, 0.15) is 0 Å². The smallest absolute Gasteiger partial charge is 0.217 e. The first kappa shape index (κ1) is 12.7. The monoisotopic (exact) mass is 244 g/mol. The van der Waals surface area contributed by atoms with Crippen molar-refractivity contribution in [3.8, 4) is 11.6 Å². The summed E-state index contributed by atoms with van der Waals surface area (Å²) in [7, 11) is 0. The van der Waals surface area contributed by atoms with E-state index in [4.69, 9.17) is 0 Å². The third-order valence-electron chi connectivity index (χ3n) is 3.18. The summed E-state index contributed by atoms with van der Waals surface area (Å²) in [6.45, 7) is 6.14. The van der Waals surface area contributed by atoms with Gasteiger partial charge in [-0.25, -0.2) is 4.68 Å². The highest BCUT2D eigenvalue weighted by Crippen LogP contribution is 2.26. The molecular formula is C15H20N2O. The molecule has 0 saturated carbocycles. The summed E-state index contributed by atoms with van der Waals surface area (Å²) < 4.78 is 1.63. The fraction of sp³-hybridized carbons (Fsp3) is 0.400. The largest absolute Gasteiger partial charge is 0.493 e. The SMILES string of the molecule is CCCCc1c(C)nn(-c2cccc(C)c2)c1O. The number of hydrogen-bond donors (Lipinski definition) is 1. The Bertz CT molecular complexity index is 543. The molecule has 0 radical (unpaired) electrons. The Hall–Kier alpha value is -1.77. The van der Waals surface area contributed by atoms with E-state index in [0.29, 0.717) is 0 Å². The van der Waals surface area contributed by atoms with E-state index in [1.54, 1.807) is 4.68 Å². The normalized spacial score (nSPS) is 10.8. The lowest BCUT2D eigenvalue weighted by molar-refractivity contribution is 0.427. The molecule has 1 aromatic heterocycles. The second kappa shape index (κ2) is 5.25. The lowest BCUT2D eigenvalue weighted by Gasteiger charge is -2.04. The first-order valence-corrected chi connectivity index (χ1v) is 6.48. The van der Waals surface area contributed by atoms with Crippen molar-refractivity contribution < 1.29 is 5.11 Å². The number of aromatic nitrogens is 2. The summed E-state index contributed by atoms with van der Waals surface area (Å²) in [5.41, 5.74) is 3.97. The van der Waals surface area contributed by atoms with Crippen LogP contribution in [0.15, 0.2) is 24.3 Å². The molecule has 3 nitrogen and oxygen atoms in total. The van der Waals surface area contributed by atoms with E-state index in [9.17, 15) is 5.11 Å². The number of hydrogen-bond acceptors (Lipinski definition) is 2. The zero-order valence-electron chi connectivity index (χ0n) is 11.3. The molecule has 18 heavy (non-hydrogen) atoms. The molecule has 1 N–H and O–H groups in total. The zero-order valence-corrected chi connectivity index (χ0v) is 11.3. The first-order valence-electron chi connectivity index (χ1n) is 6.48. The predicted octanol–water partition coefficient (Wildman–Crippen LogP) is 3.54. The lowest BCUT2D eigenvalue weighted by atomic mass is 10.1. The second-order valence-corrected chi connectivity index (χ2v) is 4.74. The van der Waals surface area contributed by atoms with Crippen LogP contribution in [0.25, 0.3) is 5.69 Å². The number of rotatable bonds is 4. The van der Waals surface area contributed by atoms with Gasteiger partial charge in [-0.3, -0.25) is 0 Å². The fourth-order valence-electron chi connectivity index (χ4n) is 2.13. The molecule has 1 heterocycles. The fourth-order valence-corrected chi connectivity index (χ4v) is 2.13. The summed E-state index contributed by atoms with van der Waals surface area (Å²) in [4.78, 5) is 0. The Morgan fingerprint density at radius 3 is 2.72 bits per heavy atom. The molecule has 0 aliphatic carbocycles. The minimum absolute atomic E-state index is 0.284. The number of aromatic hydroxyl groups is 1. The minimum atomic E-state index is 0.284. The van der Waals surface area contributed by atoms with Gasteiger partial charge < -0.3 is 5.11 Å². The van der Waals surface area contributed by atoms with Crippen LogP contribution < -0.4 is 0 Å². The van der Waals surface area contributed by atoms with Gasteiger partial charge in [-0.1, -0.05) is 25.5 Å². The Balaban J connectivity index is 2.40. The summed E-state index contributed by atoms with van der Waals surface area (Å²) in [5, 5.41) is 14.7. The Morgan fingerprint density at radius 1 is 1.28 bits per heavy atom. The average Bonchev–Trinajstić information content (AvgIpc) is 2.63. The Labute approximate surface area is 108 Å². The van der Waals surface area contributed by atoms with Crippen LogP contribution in [-0.4, -0.2) is 14.9 Å². The summed E-state index contributed by atoms with van der Waals surface area (Å²) in [6, 6.07) is 8.00. The van der Waals surface area contributed by atoms with Crippen LogP contribution in [0, 0.1) is 13.8 Å². The standard InChI is InChI=1S/C15H20N2O/c1-4-5-9-14-12(3)16-17(15(14)18)13-8-6-7-11(2)10-13/h6-8,10,18H,4-5,9H2,1-3H3. The zero-order chi connectivity index (χ0) is 13.1. The molecule has 1 aromatic carbocycles. The van der Waals surface area contributed by atoms with Gasteiger partial charge in [0.15, 0.2) is 0 Å². The highest BCUT2D eigenvalue weighted by molar-refractivity contribution is 5.42. The van der Waals surface area contributed by atoms with E-state index in [2.05, 4.69) is 12.0 Å². The quantitative estimate of drug-likeness (QED) is 0.893. The van der Waals surface area contributed by atoms with Gasteiger partial charge in [-0.2, -0.15) is 5.10 Å². The van der Waals surface area contributed by atoms with Crippen LogP contribution in [0.2, 0.25) is 0 Å². The van der Waals surface area contributed by atoms with Gasteiger partial charge in [0, 0.05) is 5.56 Å². The molecule has 0 aliphatic heterocycles. The van der Waals surface area contributed by atoms with Crippen molar-refractivity contribution in [1.82, 2.24) is 9.78 Å². The van der Waals surface area contributed by atoms with Gasteiger partial charge in [-0.15, -0.1) is 0 Å². The highest BCUT2D eigenvalue weighted by Gasteiger charge is 2.14. The van der Waals surface area contributed by atoms with E-state index in [0.717, 1.165) is 41.8 Å². The van der Waals surface area contributed by atoms with Gasteiger partial charge in [0.25, 0.3) is 0 Å². The van der Waals surface area contributed by atoms with E-state index in [1.165, 1.54) is 0 Å². The van der Waals surface area contributed by atoms with Crippen LogP contribution in [0.3, 0.4) is 0 Å². The summed E-state index contributed by atoms with van der Waals surface area (Å²) in [5.74, 6) is 0.284. The van der Waals surface area contributed by atoms with Crippen molar-refractivity contribution in [3.05, 3.63) is 41.1 Å². The third-order valence-corrected chi connectivity index (χ3v) is 3.18. The molecule has 0 fully saturated rings. The van der Waals surface area contributed by atoms with Crippen molar-refractivity contribution in [2.75, 3.05) is 0 Å². The van der Waals surface area contributed by atoms with Gasteiger partial charge >= 0.3 is 0 Å². The molecule has 2 rings (SSSR count). The van der Waals surface area contributed by atoms with Gasteiger partial charge in [-0.05, 0) is 44.4 Å². The van der Waals surface area contributed by atoms with E-state index in [1.807, 2.05) is 38.1 Å². The van der Waals surface area contributed by atoms with E-state index >= 15 is 0 Å². The van der Waals surface area contributed by atoms with Crippen molar-refractivity contribution in [1.29, 1.82) is 0 Å². The van der Waals surface area contributed by atoms with Crippen LogP contribution in [-0.2, 0) is 6.42 Å². The number of nitrogens with zero attached hydrogens (tertiary/aromatic N) is 2. The van der Waals surface area contributed by atoms with Gasteiger partial charge in [0.05, 0.1) is 11.4 Å². The second-order valence-electron chi connectivity index (χ2n) is 4.74. The van der Waals surface area contributed by atoms with Crippen molar-refractivity contribution in [2.24, 2.45) is 0 Å². The molecule has 0 bridgehead atoms. The average molecular weight is 244 g/mol. The summed E-state index contributed by atoms with van der Waals surface area (Å²) in [6.07, 6.45) is 3.09. The molecule has 0 atom stereocenters. The van der Waals surface area contributed by atoms with Crippen molar-refractivity contribution in [2.45, 2.75) is 40.0 Å². The maximum atomic E-state index is 10.3. The molecule has 0 aliphatic rings. The van der Waals surface area contributed by atoms with E-state index < -0.39 is 0 Å². The van der Waals surface area contributed by atoms with Crippen LogP contribution in [0.1, 0.15) is 36.6 Å². The maximum Gasteiger partial charge on any atom is 0.217 e. The molecule has 96 valence electrons. The molecule has 0 spiro atoms. The lowest BCUT2D eigenvalue weighted by Crippen LogP contribution is -1.96. The van der Waals surface area contributed by atoms with E-state index in [-0.39, 0.29) is 5.88 Å². The first-order chi connectivity index (χ1) is 8.63. The molecular weight excluding hydrogens is 224 g/mol. The van der Waals surface area contributed by atoms with Gasteiger partial charge in [0.2, 0.25) is 5.88 Å². The van der Waals surface area contributed by atoms with Crippen LogP contribution in [0.4, 0.5) is 0 Å². The summed E-state index contributed by atoms with van der Waals surface area (Å²) >= 11 is 0. The van der Waals surface area contributed by atoms with Crippen LogP contribution in [0.5, 0.6) is 5.88 Å². The van der Waals surface area contributed by atoms with Crippen molar-refractivity contribution >= 4 is 0 Å². The number of aryl methyl sites for hydroxylation is 2. The Morgan fingerprint density at radius 2 is 2.06 bits per heavy atom. The predicted molar refractivity (Wildman–Crippen MR) is 73.3 cm³/mol.